The number of halogens is 3. The number of ether oxygens (including phenoxy) is 1. The molecule has 168 valence electrons. The van der Waals surface area contributed by atoms with Gasteiger partial charge in [-0.1, -0.05) is 29.8 Å². The third-order valence-electron chi connectivity index (χ3n) is 4.46. The van der Waals surface area contributed by atoms with Crippen LogP contribution in [-0.4, -0.2) is 19.5 Å². The Labute approximate surface area is 183 Å². The number of aliphatic carboxylic acids is 1. The number of nitrogens with zero attached hydrogens (tertiary/aromatic N) is 1. The molecule has 0 amide bonds. The smallest absolute Gasteiger partial charge is 0.416 e. The van der Waals surface area contributed by atoms with Gasteiger partial charge in [0.05, 0.1) is 17.7 Å². The second-order valence-electron chi connectivity index (χ2n) is 6.88. The molecule has 0 aliphatic carbocycles. The van der Waals surface area contributed by atoms with Crippen LogP contribution in [-0.2, 0) is 28.3 Å². The molecule has 0 unspecified atom stereocenters. The Morgan fingerprint density at radius 3 is 2.16 bits per heavy atom. The summed E-state index contributed by atoms with van der Waals surface area (Å²) in [5, 5.41) is 8.85. The number of hydrogen-bond acceptors (Lipinski definition) is 4. The molecule has 0 bridgehead atoms. The third-order valence-corrected chi connectivity index (χ3v) is 5.24. The van der Waals surface area contributed by atoms with E-state index in [4.69, 9.17) is 9.84 Å². The van der Waals surface area contributed by atoms with Crippen LogP contribution in [0.3, 0.4) is 0 Å². The topological polar surface area (TPSA) is 83.9 Å². The molecule has 0 radical (unpaired) electrons. The van der Waals surface area contributed by atoms with Crippen molar-refractivity contribution in [3.63, 3.8) is 0 Å². The Morgan fingerprint density at radius 2 is 1.62 bits per heavy atom. The first-order chi connectivity index (χ1) is 15.0. The second-order valence-corrected chi connectivity index (χ2v) is 7.76. The highest BCUT2D eigenvalue weighted by atomic mass is 32.2. The van der Waals surface area contributed by atoms with Crippen LogP contribution < -0.4 is 9.04 Å². The van der Waals surface area contributed by atoms with E-state index in [1.807, 2.05) is 0 Å². The number of thiol groups is 1. The maximum Gasteiger partial charge on any atom is 0.416 e. The SMILES string of the molecule is Cc1ccc(N(c2cc(C(F)(F)F)ccc2Oc2ccc(CC(=O)O)cc2)[SH](=O)=O)cc1. The lowest BCUT2D eigenvalue weighted by atomic mass is 10.1. The zero-order valence-corrected chi connectivity index (χ0v) is 17.6. The fourth-order valence-corrected chi connectivity index (χ4v) is 3.58. The molecule has 1 N–H and O–H groups in total. The zero-order chi connectivity index (χ0) is 23.5. The summed E-state index contributed by atoms with van der Waals surface area (Å²) in [5.74, 6) is -0.939. The number of aryl methyl sites for hydroxylation is 1. The first kappa shape index (κ1) is 23.1. The first-order valence-corrected chi connectivity index (χ1v) is 10.4. The van der Waals surface area contributed by atoms with Gasteiger partial charge in [0.2, 0.25) is 10.9 Å². The van der Waals surface area contributed by atoms with E-state index in [0.29, 0.717) is 11.6 Å². The summed E-state index contributed by atoms with van der Waals surface area (Å²) in [6.45, 7) is 1.79. The molecule has 3 rings (SSSR count). The molecule has 0 saturated heterocycles. The van der Waals surface area contributed by atoms with E-state index >= 15 is 0 Å². The molecule has 0 heterocycles. The van der Waals surface area contributed by atoms with Gasteiger partial charge in [0, 0.05) is 0 Å². The van der Waals surface area contributed by atoms with Gasteiger partial charge in [0.1, 0.15) is 11.4 Å². The molecule has 0 saturated carbocycles. The van der Waals surface area contributed by atoms with Gasteiger partial charge in [0.25, 0.3) is 0 Å². The largest absolute Gasteiger partial charge is 0.481 e. The Kier molecular flexibility index (Phi) is 6.73. The Morgan fingerprint density at radius 1 is 1.00 bits per heavy atom. The maximum atomic E-state index is 13.3. The van der Waals surface area contributed by atoms with Gasteiger partial charge >= 0.3 is 12.1 Å². The number of benzene rings is 3. The predicted molar refractivity (Wildman–Crippen MR) is 113 cm³/mol. The highest BCUT2D eigenvalue weighted by Crippen LogP contribution is 2.41. The average molecular weight is 465 g/mol. The van der Waals surface area contributed by atoms with Crippen molar-refractivity contribution in [3.8, 4) is 11.5 Å². The summed E-state index contributed by atoms with van der Waals surface area (Å²) >= 11 is 0. The minimum absolute atomic E-state index is 0.122. The molecular formula is C22H18F3NO5S. The van der Waals surface area contributed by atoms with E-state index in [-0.39, 0.29) is 29.3 Å². The molecule has 0 atom stereocenters. The number of hydrogen-bond donors (Lipinski definition) is 2. The van der Waals surface area contributed by atoms with E-state index in [2.05, 4.69) is 0 Å². The molecule has 0 spiro atoms. The second kappa shape index (κ2) is 9.31. The molecule has 3 aromatic carbocycles. The standard InChI is InChI=1S/C22H18F3NO5S/c1-14-2-7-17(8-3-14)26(32(29)30)19-13-16(22(23,24)25)6-11-20(19)31-18-9-4-15(5-10-18)12-21(27)28/h2-11,13,32H,12H2,1H3,(H,27,28). The molecule has 0 fully saturated rings. The highest BCUT2D eigenvalue weighted by Gasteiger charge is 2.32. The molecule has 3 aromatic rings. The highest BCUT2D eigenvalue weighted by molar-refractivity contribution is 7.74. The molecule has 0 aliphatic rings. The van der Waals surface area contributed by atoms with Crippen molar-refractivity contribution in [2.45, 2.75) is 19.5 Å². The number of carboxylic acid groups (broad SMARTS) is 1. The molecular weight excluding hydrogens is 447 g/mol. The van der Waals surface area contributed by atoms with Gasteiger partial charge in [-0.25, -0.2) is 12.7 Å². The van der Waals surface area contributed by atoms with E-state index in [1.54, 1.807) is 19.1 Å². The minimum Gasteiger partial charge on any atom is -0.481 e. The molecule has 6 nitrogen and oxygen atoms in total. The van der Waals surface area contributed by atoms with Crippen molar-refractivity contribution in [1.29, 1.82) is 0 Å². The van der Waals surface area contributed by atoms with Crippen LogP contribution in [0.5, 0.6) is 11.5 Å². The Hall–Kier alpha value is -3.53. The van der Waals surface area contributed by atoms with Gasteiger partial charge in [-0.3, -0.25) is 4.79 Å². The molecule has 10 heteroatoms. The quantitative estimate of drug-likeness (QED) is 0.475. The van der Waals surface area contributed by atoms with Crippen LogP contribution in [0, 0.1) is 6.92 Å². The summed E-state index contributed by atoms with van der Waals surface area (Å²) in [6.07, 6.45) is -4.90. The lowest BCUT2D eigenvalue weighted by Gasteiger charge is -2.22. The third kappa shape index (κ3) is 5.58. The van der Waals surface area contributed by atoms with Crippen LogP contribution in [0.2, 0.25) is 0 Å². The Bertz CT molecular complexity index is 1180. The van der Waals surface area contributed by atoms with Crippen molar-refractivity contribution in [3.05, 3.63) is 83.4 Å². The predicted octanol–water partition coefficient (Wildman–Crippen LogP) is 5.10. The fourth-order valence-electron chi connectivity index (χ4n) is 2.93. The number of rotatable bonds is 7. The monoisotopic (exact) mass is 465 g/mol. The molecule has 0 aromatic heterocycles. The summed E-state index contributed by atoms with van der Waals surface area (Å²) in [7, 11) is -3.36. The first-order valence-electron chi connectivity index (χ1n) is 9.25. The van der Waals surface area contributed by atoms with Gasteiger partial charge in [-0.2, -0.15) is 13.2 Å². The van der Waals surface area contributed by atoms with Gasteiger partial charge < -0.3 is 9.84 Å². The van der Waals surface area contributed by atoms with E-state index in [9.17, 15) is 26.4 Å². The average Bonchev–Trinajstić information content (AvgIpc) is 2.71. The van der Waals surface area contributed by atoms with Crippen molar-refractivity contribution in [1.82, 2.24) is 0 Å². The normalized spacial score (nSPS) is 11.4. The number of alkyl halides is 3. The van der Waals surface area contributed by atoms with Crippen molar-refractivity contribution in [2.24, 2.45) is 0 Å². The van der Waals surface area contributed by atoms with Crippen molar-refractivity contribution < 1.29 is 36.2 Å². The number of carbonyl (C=O) groups is 1. The van der Waals surface area contributed by atoms with Crippen LogP contribution >= 0.6 is 0 Å². The molecule has 0 aliphatic heterocycles. The molecule has 32 heavy (non-hydrogen) atoms. The van der Waals surface area contributed by atoms with Crippen molar-refractivity contribution in [2.75, 3.05) is 4.31 Å². The van der Waals surface area contributed by atoms with Crippen LogP contribution in [0.1, 0.15) is 16.7 Å². The van der Waals surface area contributed by atoms with Crippen molar-refractivity contribution >= 4 is 28.2 Å². The van der Waals surface area contributed by atoms with Crippen LogP contribution in [0.4, 0.5) is 24.5 Å². The van der Waals surface area contributed by atoms with E-state index in [0.717, 1.165) is 22.0 Å². The fraction of sp³-hybridized carbons (Fsp3) is 0.136. The summed E-state index contributed by atoms with van der Waals surface area (Å²) in [4.78, 5) is 10.8. The van der Waals surface area contributed by atoms with E-state index in [1.165, 1.54) is 36.4 Å². The summed E-state index contributed by atoms with van der Waals surface area (Å²) in [5.41, 5.74) is 0.144. The lowest BCUT2D eigenvalue weighted by Crippen LogP contribution is -2.16. The van der Waals surface area contributed by atoms with Gasteiger partial charge in [0.15, 0.2) is 5.75 Å². The lowest BCUT2D eigenvalue weighted by molar-refractivity contribution is -0.138. The minimum atomic E-state index is -4.70. The summed E-state index contributed by atoms with van der Waals surface area (Å²) < 4.78 is 70.6. The zero-order valence-electron chi connectivity index (χ0n) is 16.7. The maximum absolute atomic E-state index is 13.3. The summed E-state index contributed by atoms with van der Waals surface area (Å²) in [6, 6.07) is 14.7. The van der Waals surface area contributed by atoms with Gasteiger partial charge in [-0.15, -0.1) is 0 Å². The van der Waals surface area contributed by atoms with Crippen LogP contribution in [0.15, 0.2) is 66.7 Å². The number of carboxylic acids is 1. The Balaban J connectivity index is 2.07. The van der Waals surface area contributed by atoms with Gasteiger partial charge in [-0.05, 0) is 55.0 Å². The number of anilines is 2. The van der Waals surface area contributed by atoms with Crippen LogP contribution in [0.25, 0.3) is 0 Å². The van der Waals surface area contributed by atoms with E-state index < -0.39 is 28.6 Å².